The second-order valence-corrected chi connectivity index (χ2v) is 9.68. The van der Waals surface area contributed by atoms with Gasteiger partial charge in [0.15, 0.2) is 0 Å². The molecule has 0 aromatic heterocycles. The highest BCUT2D eigenvalue weighted by Gasteiger charge is 2.10. The number of rotatable bonds is 19. The van der Waals surface area contributed by atoms with Crippen molar-refractivity contribution in [3.63, 3.8) is 0 Å². The van der Waals surface area contributed by atoms with E-state index in [1.54, 1.807) is 0 Å². The van der Waals surface area contributed by atoms with Crippen LogP contribution in [0.1, 0.15) is 102 Å². The Labute approximate surface area is 212 Å². The quantitative estimate of drug-likeness (QED) is 0.150. The lowest BCUT2D eigenvalue weighted by Crippen LogP contribution is -2.09. The minimum absolute atomic E-state index is 0.0905. The average molecular weight is 481 g/mol. The maximum atomic E-state index is 12.0. The van der Waals surface area contributed by atoms with E-state index in [2.05, 4.69) is 6.92 Å². The van der Waals surface area contributed by atoms with Crippen molar-refractivity contribution in [1.29, 1.82) is 0 Å². The molecule has 0 spiro atoms. The molecule has 4 nitrogen and oxygen atoms in total. The first-order valence-electron chi connectivity index (χ1n) is 13.5. The second kappa shape index (κ2) is 18.7. The monoisotopic (exact) mass is 480 g/mol. The normalized spacial score (nSPS) is 11.7. The minimum atomic E-state index is -0.0922. The molecule has 0 fully saturated rings. The molecule has 4 heteroatoms. The number of carbonyl (C=O) groups is 2. The van der Waals surface area contributed by atoms with Gasteiger partial charge in [0, 0.05) is 12.8 Å². The first-order valence-corrected chi connectivity index (χ1v) is 13.5. The fraction of sp³-hybridized carbons (Fsp3) is 0.548. The molecule has 0 amide bonds. The molecule has 0 saturated carbocycles. The molecule has 0 aliphatic carbocycles. The number of hydrogen-bond acceptors (Lipinski definition) is 4. The molecule has 2 aromatic carbocycles. The van der Waals surface area contributed by atoms with Crippen LogP contribution in [-0.4, -0.2) is 11.9 Å². The van der Waals surface area contributed by atoms with Crippen molar-refractivity contribution in [3.05, 3.63) is 71.8 Å². The summed E-state index contributed by atoms with van der Waals surface area (Å²) in [6.07, 6.45) is 14.2. The Morgan fingerprint density at radius 2 is 1.03 bits per heavy atom. The van der Waals surface area contributed by atoms with Crippen molar-refractivity contribution >= 4 is 11.9 Å². The van der Waals surface area contributed by atoms with Crippen LogP contribution in [0.25, 0.3) is 0 Å². The molecule has 1 atom stereocenters. The van der Waals surface area contributed by atoms with Crippen LogP contribution in [0, 0.1) is 5.92 Å². The molecular formula is C31H44O4. The van der Waals surface area contributed by atoms with Crippen molar-refractivity contribution in [2.24, 2.45) is 5.92 Å². The average Bonchev–Trinajstić information content (AvgIpc) is 2.88. The number of ether oxygens (including phenoxy) is 2. The van der Waals surface area contributed by atoms with E-state index in [-0.39, 0.29) is 11.9 Å². The molecule has 0 aliphatic rings. The summed E-state index contributed by atoms with van der Waals surface area (Å²) >= 11 is 0. The third kappa shape index (κ3) is 15.1. The Kier molecular flexibility index (Phi) is 15.3. The summed E-state index contributed by atoms with van der Waals surface area (Å²) in [5, 5.41) is 0. The first-order chi connectivity index (χ1) is 17.1. The van der Waals surface area contributed by atoms with Gasteiger partial charge in [-0.05, 0) is 23.5 Å². The fourth-order valence-corrected chi connectivity index (χ4v) is 4.17. The van der Waals surface area contributed by atoms with Crippen molar-refractivity contribution in [1.82, 2.24) is 0 Å². The molecular weight excluding hydrogens is 436 g/mol. The molecule has 0 heterocycles. The Hall–Kier alpha value is -2.62. The van der Waals surface area contributed by atoms with Crippen molar-refractivity contribution < 1.29 is 19.1 Å². The van der Waals surface area contributed by atoms with E-state index in [1.807, 2.05) is 60.7 Å². The predicted molar refractivity (Wildman–Crippen MR) is 142 cm³/mol. The highest BCUT2D eigenvalue weighted by Crippen LogP contribution is 2.17. The number of esters is 2. The standard InChI is InChI=1S/C31H44O4/c1-27(24-31(33)35-26-29-21-15-11-16-22-29)18-12-8-6-4-2-3-5-7-9-17-23-30(32)34-25-28-19-13-10-14-20-28/h10-11,13-16,19-22,27H,2-9,12,17-18,23-26H2,1H3/t27-/m1/s1. The lowest BCUT2D eigenvalue weighted by atomic mass is 9.99. The van der Waals surface area contributed by atoms with Crippen LogP contribution in [0.2, 0.25) is 0 Å². The van der Waals surface area contributed by atoms with Gasteiger partial charge in [-0.25, -0.2) is 0 Å². The fourth-order valence-electron chi connectivity index (χ4n) is 4.17. The van der Waals surface area contributed by atoms with E-state index in [9.17, 15) is 9.59 Å². The number of benzene rings is 2. The van der Waals surface area contributed by atoms with Gasteiger partial charge < -0.3 is 9.47 Å². The SMILES string of the molecule is C[C@H](CCCCCCCCCCCCC(=O)OCc1ccccc1)CC(=O)OCc1ccccc1. The molecule has 192 valence electrons. The number of carbonyl (C=O) groups excluding carboxylic acids is 2. The third-order valence-corrected chi connectivity index (χ3v) is 6.33. The van der Waals surface area contributed by atoms with Gasteiger partial charge in [-0.2, -0.15) is 0 Å². The van der Waals surface area contributed by atoms with Gasteiger partial charge in [0.2, 0.25) is 0 Å². The molecule has 0 unspecified atom stereocenters. The number of hydrogen-bond donors (Lipinski definition) is 0. The van der Waals surface area contributed by atoms with Gasteiger partial charge >= 0.3 is 11.9 Å². The maximum Gasteiger partial charge on any atom is 0.306 e. The van der Waals surface area contributed by atoms with Crippen LogP contribution in [0.3, 0.4) is 0 Å². The van der Waals surface area contributed by atoms with Crippen molar-refractivity contribution in [3.8, 4) is 0 Å². The van der Waals surface area contributed by atoms with E-state index < -0.39 is 0 Å². The van der Waals surface area contributed by atoms with Crippen molar-refractivity contribution in [2.45, 2.75) is 104 Å². The van der Waals surface area contributed by atoms with Crippen LogP contribution in [-0.2, 0) is 32.3 Å². The summed E-state index contributed by atoms with van der Waals surface area (Å²) in [5.74, 6) is 0.201. The zero-order chi connectivity index (χ0) is 25.0. The molecule has 35 heavy (non-hydrogen) atoms. The van der Waals surface area contributed by atoms with Gasteiger partial charge in [-0.3, -0.25) is 9.59 Å². The summed E-state index contributed by atoms with van der Waals surface area (Å²) in [7, 11) is 0. The van der Waals surface area contributed by atoms with Gasteiger partial charge in [0.05, 0.1) is 0 Å². The lowest BCUT2D eigenvalue weighted by molar-refractivity contribution is -0.146. The maximum absolute atomic E-state index is 12.0. The second-order valence-electron chi connectivity index (χ2n) is 9.68. The highest BCUT2D eigenvalue weighted by atomic mass is 16.5. The Morgan fingerprint density at radius 3 is 1.54 bits per heavy atom. The summed E-state index contributed by atoms with van der Waals surface area (Å²) in [4.78, 5) is 23.8. The predicted octanol–water partition coefficient (Wildman–Crippen LogP) is 8.18. The lowest BCUT2D eigenvalue weighted by Gasteiger charge is -2.11. The van der Waals surface area contributed by atoms with Gasteiger partial charge in [0.1, 0.15) is 13.2 Å². The van der Waals surface area contributed by atoms with E-state index >= 15 is 0 Å². The summed E-state index contributed by atoms with van der Waals surface area (Å²) in [5.41, 5.74) is 2.07. The van der Waals surface area contributed by atoms with Gasteiger partial charge in [-0.15, -0.1) is 0 Å². The largest absolute Gasteiger partial charge is 0.461 e. The smallest absolute Gasteiger partial charge is 0.306 e. The zero-order valence-electron chi connectivity index (χ0n) is 21.6. The van der Waals surface area contributed by atoms with Crippen LogP contribution >= 0.6 is 0 Å². The van der Waals surface area contributed by atoms with E-state index in [0.29, 0.717) is 32.0 Å². The van der Waals surface area contributed by atoms with E-state index in [1.165, 1.54) is 51.4 Å². The first kappa shape index (κ1) is 28.6. The van der Waals surface area contributed by atoms with E-state index in [0.717, 1.165) is 30.4 Å². The van der Waals surface area contributed by atoms with Crippen LogP contribution in [0.4, 0.5) is 0 Å². The highest BCUT2D eigenvalue weighted by molar-refractivity contribution is 5.69. The summed E-state index contributed by atoms with van der Waals surface area (Å²) < 4.78 is 10.7. The summed E-state index contributed by atoms with van der Waals surface area (Å²) in [6, 6.07) is 19.7. The van der Waals surface area contributed by atoms with Gasteiger partial charge in [0.25, 0.3) is 0 Å². The molecule has 2 aromatic rings. The third-order valence-electron chi connectivity index (χ3n) is 6.33. The Morgan fingerprint density at radius 1 is 0.600 bits per heavy atom. The molecule has 0 aliphatic heterocycles. The number of unbranched alkanes of at least 4 members (excludes halogenated alkanes) is 9. The molecule has 0 radical (unpaired) electrons. The molecule has 0 bridgehead atoms. The van der Waals surface area contributed by atoms with E-state index in [4.69, 9.17) is 9.47 Å². The minimum Gasteiger partial charge on any atom is -0.461 e. The Balaban J connectivity index is 1.32. The van der Waals surface area contributed by atoms with Gasteiger partial charge in [-0.1, -0.05) is 132 Å². The van der Waals surface area contributed by atoms with Crippen LogP contribution in [0.5, 0.6) is 0 Å². The molecule has 0 N–H and O–H groups in total. The van der Waals surface area contributed by atoms with Crippen LogP contribution in [0.15, 0.2) is 60.7 Å². The zero-order valence-corrected chi connectivity index (χ0v) is 21.6. The topological polar surface area (TPSA) is 52.6 Å². The summed E-state index contributed by atoms with van der Waals surface area (Å²) in [6.45, 7) is 2.89. The van der Waals surface area contributed by atoms with Crippen LogP contribution < -0.4 is 0 Å². The Bertz CT molecular complexity index is 803. The molecule has 2 rings (SSSR count). The molecule has 0 saturated heterocycles. The van der Waals surface area contributed by atoms with Crippen molar-refractivity contribution in [2.75, 3.05) is 0 Å².